The lowest BCUT2D eigenvalue weighted by Gasteiger charge is -2.41. The number of carbonyl (C=O) groups is 1. The van der Waals surface area contributed by atoms with Crippen molar-refractivity contribution in [2.75, 3.05) is 39.0 Å². The molecular formula is C33H41N7O4. The number of hydrogen-bond donors (Lipinski definition) is 1. The molecule has 1 amide bonds. The average molecular weight is 600 g/mol. The summed E-state index contributed by atoms with van der Waals surface area (Å²) in [5.41, 5.74) is 8.37. The van der Waals surface area contributed by atoms with Crippen LogP contribution >= 0.6 is 0 Å². The lowest BCUT2D eigenvalue weighted by Crippen LogP contribution is -2.50. The molecule has 2 aliphatic heterocycles. The van der Waals surface area contributed by atoms with Gasteiger partial charge < -0.3 is 29.7 Å². The molecule has 2 saturated heterocycles. The van der Waals surface area contributed by atoms with E-state index in [0.29, 0.717) is 11.9 Å². The number of rotatable bonds is 6. The molecule has 0 radical (unpaired) electrons. The Kier molecular flexibility index (Phi) is 8.31. The fourth-order valence-electron chi connectivity index (χ4n) is 6.15. The van der Waals surface area contributed by atoms with Gasteiger partial charge >= 0.3 is 6.09 Å². The molecule has 0 bridgehead atoms. The maximum Gasteiger partial charge on any atom is 0.410 e. The molecule has 2 fully saturated rings. The Bertz CT molecular complexity index is 1580. The van der Waals surface area contributed by atoms with Gasteiger partial charge in [0.05, 0.1) is 18.5 Å². The summed E-state index contributed by atoms with van der Waals surface area (Å²) in [5, 5.41) is 5.85. The highest BCUT2D eigenvalue weighted by Gasteiger charge is 2.33. The van der Waals surface area contributed by atoms with Crippen molar-refractivity contribution in [1.29, 1.82) is 0 Å². The first kappa shape index (κ1) is 29.7. The van der Waals surface area contributed by atoms with Crippen molar-refractivity contribution in [3.63, 3.8) is 0 Å². The first-order chi connectivity index (χ1) is 21.2. The topological polar surface area (TPSA) is 121 Å². The molecule has 11 heteroatoms. The number of nitrogens with two attached hydrogens (primary N) is 1. The van der Waals surface area contributed by atoms with E-state index < -0.39 is 5.60 Å². The van der Waals surface area contributed by atoms with Gasteiger partial charge in [-0.15, -0.1) is 0 Å². The van der Waals surface area contributed by atoms with Crippen LogP contribution in [0.15, 0.2) is 54.9 Å². The highest BCUT2D eigenvalue weighted by atomic mass is 16.6. The van der Waals surface area contributed by atoms with Crippen LogP contribution in [-0.2, 0) is 4.74 Å². The van der Waals surface area contributed by atoms with E-state index in [1.807, 2.05) is 78.9 Å². The minimum Gasteiger partial charge on any atom is -0.497 e. The average Bonchev–Trinajstić information content (AvgIpc) is 3.42. The van der Waals surface area contributed by atoms with Gasteiger partial charge in [-0.2, -0.15) is 5.10 Å². The van der Waals surface area contributed by atoms with Gasteiger partial charge in [0.2, 0.25) is 0 Å². The Balaban J connectivity index is 1.12. The predicted octanol–water partition coefficient (Wildman–Crippen LogP) is 5.91. The number of fused-ring (bicyclic) bond motifs is 1. The summed E-state index contributed by atoms with van der Waals surface area (Å²) in [4.78, 5) is 25.8. The van der Waals surface area contributed by atoms with Crippen LogP contribution in [0.5, 0.6) is 17.2 Å². The van der Waals surface area contributed by atoms with Gasteiger partial charge in [0.25, 0.3) is 0 Å². The third-order valence-electron chi connectivity index (χ3n) is 8.42. The summed E-state index contributed by atoms with van der Waals surface area (Å²) in [6, 6.07) is 16.0. The second-order valence-electron chi connectivity index (χ2n) is 12.5. The first-order valence-electron chi connectivity index (χ1n) is 15.3. The number of benzene rings is 2. The number of methoxy groups -OCH3 is 1. The number of carbonyl (C=O) groups excluding carboxylic acids is 1. The van der Waals surface area contributed by atoms with Crippen LogP contribution in [0.1, 0.15) is 52.5 Å². The molecular weight excluding hydrogens is 558 g/mol. The van der Waals surface area contributed by atoms with Crippen molar-refractivity contribution in [3.8, 4) is 28.5 Å². The van der Waals surface area contributed by atoms with Crippen LogP contribution in [0.25, 0.3) is 22.3 Å². The van der Waals surface area contributed by atoms with E-state index in [2.05, 4.69) is 14.9 Å². The molecule has 0 spiro atoms. The van der Waals surface area contributed by atoms with Crippen LogP contribution in [-0.4, -0.2) is 80.6 Å². The number of amides is 1. The molecule has 232 valence electrons. The molecule has 11 nitrogen and oxygen atoms in total. The monoisotopic (exact) mass is 599 g/mol. The van der Waals surface area contributed by atoms with Gasteiger partial charge in [0.1, 0.15) is 40.7 Å². The second-order valence-corrected chi connectivity index (χ2v) is 12.5. The predicted molar refractivity (Wildman–Crippen MR) is 169 cm³/mol. The molecule has 0 aliphatic carbocycles. The lowest BCUT2D eigenvalue weighted by atomic mass is 9.98. The van der Waals surface area contributed by atoms with Crippen molar-refractivity contribution in [2.24, 2.45) is 0 Å². The summed E-state index contributed by atoms with van der Waals surface area (Å²) in [6.45, 7) is 9.12. The zero-order chi connectivity index (χ0) is 30.8. The van der Waals surface area contributed by atoms with Crippen LogP contribution in [0, 0.1) is 0 Å². The number of likely N-dealkylation sites (tertiary alicyclic amines) is 2. The number of aromatic nitrogens is 4. The smallest absolute Gasteiger partial charge is 0.410 e. The van der Waals surface area contributed by atoms with Gasteiger partial charge in [-0.05, 0) is 95.0 Å². The number of nitrogens with zero attached hydrogens (tertiary/aromatic N) is 6. The molecule has 4 heterocycles. The maximum absolute atomic E-state index is 12.5. The summed E-state index contributed by atoms with van der Waals surface area (Å²) in [5.74, 6) is 2.65. The fraction of sp³-hybridized carbons (Fsp3) is 0.455. The molecule has 2 aromatic heterocycles. The SMILES string of the molecule is COc1ccc(Oc2ccc(-c3nn(C4CCN(C5CCN(C(=O)OC(C)(C)C)CC5)CC4)c4ncnc(N)c34)cc2)cc1. The van der Waals surface area contributed by atoms with Crippen molar-refractivity contribution < 1.29 is 19.0 Å². The number of ether oxygens (including phenoxy) is 3. The highest BCUT2D eigenvalue weighted by Crippen LogP contribution is 2.36. The van der Waals surface area contributed by atoms with Crippen molar-refractivity contribution in [1.82, 2.24) is 29.5 Å². The summed E-state index contributed by atoms with van der Waals surface area (Å²) in [7, 11) is 1.64. The van der Waals surface area contributed by atoms with E-state index in [0.717, 1.165) is 91.4 Å². The number of piperidine rings is 2. The summed E-state index contributed by atoms with van der Waals surface area (Å²) in [6.07, 6.45) is 5.14. The number of anilines is 1. The Morgan fingerprint density at radius 1 is 0.841 bits per heavy atom. The van der Waals surface area contributed by atoms with E-state index in [1.165, 1.54) is 6.33 Å². The van der Waals surface area contributed by atoms with E-state index in [4.69, 9.17) is 25.0 Å². The van der Waals surface area contributed by atoms with Crippen molar-refractivity contribution >= 4 is 22.9 Å². The number of hydrogen-bond acceptors (Lipinski definition) is 9. The van der Waals surface area contributed by atoms with Crippen LogP contribution in [0.3, 0.4) is 0 Å². The third kappa shape index (κ3) is 6.42. The third-order valence-corrected chi connectivity index (χ3v) is 8.42. The van der Waals surface area contributed by atoms with Gasteiger partial charge in [-0.25, -0.2) is 19.4 Å². The van der Waals surface area contributed by atoms with Gasteiger partial charge in [0.15, 0.2) is 5.65 Å². The van der Waals surface area contributed by atoms with Gasteiger partial charge in [0, 0.05) is 37.8 Å². The van der Waals surface area contributed by atoms with Crippen LogP contribution < -0.4 is 15.2 Å². The Labute approximate surface area is 257 Å². The maximum atomic E-state index is 12.5. The summed E-state index contributed by atoms with van der Waals surface area (Å²) < 4.78 is 18.9. The van der Waals surface area contributed by atoms with E-state index >= 15 is 0 Å². The van der Waals surface area contributed by atoms with E-state index in [1.54, 1.807) is 7.11 Å². The zero-order valence-corrected chi connectivity index (χ0v) is 25.9. The largest absolute Gasteiger partial charge is 0.497 e. The fourth-order valence-corrected chi connectivity index (χ4v) is 6.15. The Morgan fingerprint density at radius 3 is 2.05 bits per heavy atom. The minimum atomic E-state index is -0.475. The molecule has 0 atom stereocenters. The molecule has 0 saturated carbocycles. The molecule has 0 unspecified atom stereocenters. The second kappa shape index (κ2) is 12.3. The molecule has 2 aliphatic rings. The molecule has 44 heavy (non-hydrogen) atoms. The molecule has 2 N–H and O–H groups in total. The van der Waals surface area contributed by atoms with Crippen molar-refractivity contribution in [2.45, 2.75) is 64.1 Å². The standard InChI is InChI=1S/C33H41N7O4/c1-33(2,3)44-32(41)39-19-13-23(14-20-39)38-17-15-24(16-18-38)40-31-28(30(34)35-21-36-31)29(37-40)22-5-7-26(8-6-22)43-27-11-9-25(42-4)10-12-27/h5-12,21,23-24H,13-20H2,1-4H3,(H2,34,35,36). The lowest BCUT2D eigenvalue weighted by molar-refractivity contribution is 0.0119. The zero-order valence-electron chi connectivity index (χ0n) is 25.9. The minimum absolute atomic E-state index is 0.205. The highest BCUT2D eigenvalue weighted by molar-refractivity contribution is 5.98. The first-order valence-corrected chi connectivity index (χ1v) is 15.3. The number of nitrogen functional groups attached to an aromatic ring is 1. The normalized spacial score (nSPS) is 17.1. The molecule has 4 aromatic rings. The Hall–Kier alpha value is -4.38. The van der Waals surface area contributed by atoms with E-state index in [-0.39, 0.29) is 12.1 Å². The molecule has 2 aromatic carbocycles. The van der Waals surface area contributed by atoms with Crippen molar-refractivity contribution in [3.05, 3.63) is 54.9 Å². The molecule has 6 rings (SSSR count). The van der Waals surface area contributed by atoms with Gasteiger partial charge in [-0.1, -0.05) is 0 Å². The summed E-state index contributed by atoms with van der Waals surface area (Å²) >= 11 is 0. The van der Waals surface area contributed by atoms with Crippen LogP contribution in [0.2, 0.25) is 0 Å². The Morgan fingerprint density at radius 2 is 1.43 bits per heavy atom. The van der Waals surface area contributed by atoms with Gasteiger partial charge in [-0.3, -0.25) is 0 Å². The quantitative estimate of drug-likeness (QED) is 0.288. The van der Waals surface area contributed by atoms with Crippen LogP contribution in [0.4, 0.5) is 10.6 Å². The van der Waals surface area contributed by atoms with E-state index in [9.17, 15) is 4.79 Å².